The number of hydrogen-bond acceptors (Lipinski definition) is 4. The summed E-state index contributed by atoms with van der Waals surface area (Å²) in [6.07, 6.45) is 7.17. The van der Waals surface area contributed by atoms with Crippen molar-refractivity contribution in [3.63, 3.8) is 0 Å². The van der Waals surface area contributed by atoms with Crippen LogP contribution in [0.25, 0.3) is 11.1 Å². The van der Waals surface area contributed by atoms with Crippen molar-refractivity contribution in [2.24, 2.45) is 5.41 Å². The number of anilines is 1. The minimum Gasteiger partial charge on any atom is -0.366 e. The van der Waals surface area contributed by atoms with E-state index in [1.165, 1.54) is 22.3 Å². The Morgan fingerprint density at radius 2 is 1.97 bits per heavy atom. The lowest BCUT2D eigenvalue weighted by Gasteiger charge is -2.20. The third-order valence-corrected chi connectivity index (χ3v) is 5.72. The second-order valence-electron chi connectivity index (χ2n) is 9.27. The van der Waals surface area contributed by atoms with Crippen LogP contribution in [0.3, 0.4) is 0 Å². The van der Waals surface area contributed by atoms with Gasteiger partial charge in [-0.15, -0.1) is 0 Å². The zero-order chi connectivity index (χ0) is 23.5. The first-order chi connectivity index (χ1) is 15.9. The zero-order valence-corrected chi connectivity index (χ0v) is 21.1. The van der Waals surface area contributed by atoms with Gasteiger partial charge >= 0.3 is 0 Å². The molecule has 2 aromatic heterocycles. The molecule has 0 saturated heterocycles. The molecular formula is C29H35N3S. The molecule has 2 heterocycles. The maximum atomic E-state index is 4.53. The number of nitrogens with one attached hydrogen (secondary N) is 1. The van der Waals surface area contributed by atoms with Crippen LogP contribution >= 0.6 is 11.3 Å². The minimum atomic E-state index is 0.0408. The molecule has 0 aliphatic rings. The van der Waals surface area contributed by atoms with E-state index in [2.05, 4.69) is 114 Å². The number of nitrogens with zero attached hydrogens (tertiary/aromatic N) is 2. The minimum absolute atomic E-state index is 0.0408. The van der Waals surface area contributed by atoms with E-state index < -0.39 is 0 Å². The summed E-state index contributed by atoms with van der Waals surface area (Å²) in [5.41, 5.74) is 5.09. The molecule has 0 radical (unpaired) electrons. The summed E-state index contributed by atoms with van der Waals surface area (Å²) in [4.78, 5) is 6.97. The molecule has 3 rings (SSSR count). The lowest BCUT2D eigenvalue weighted by Crippen LogP contribution is -2.24. The van der Waals surface area contributed by atoms with Gasteiger partial charge in [0.15, 0.2) is 0 Å². The summed E-state index contributed by atoms with van der Waals surface area (Å²) in [5.74, 6) is 7.33. The molecular weight excluding hydrogens is 422 g/mol. The second kappa shape index (κ2) is 12.4. The van der Waals surface area contributed by atoms with Crippen molar-refractivity contribution in [2.45, 2.75) is 47.2 Å². The molecule has 1 N–H and O–H groups in total. The van der Waals surface area contributed by atoms with Crippen molar-refractivity contribution in [3.05, 3.63) is 82.7 Å². The van der Waals surface area contributed by atoms with Crippen molar-refractivity contribution >= 4 is 17.2 Å². The van der Waals surface area contributed by atoms with Crippen LogP contribution < -0.4 is 5.32 Å². The van der Waals surface area contributed by atoms with E-state index in [1.54, 1.807) is 11.3 Å². The van der Waals surface area contributed by atoms with Gasteiger partial charge in [-0.1, -0.05) is 43.0 Å². The van der Waals surface area contributed by atoms with Crippen LogP contribution in [0.4, 0.5) is 5.82 Å². The third kappa shape index (κ3) is 8.88. The topological polar surface area (TPSA) is 28.2 Å². The van der Waals surface area contributed by atoms with E-state index in [-0.39, 0.29) is 5.41 Å². The molecule has 0 atom stereocenters. The summed E-state index contributed by atoms with van der Waals surface area (Å²) >= 11 is 1.73. The first kappa shape index (κ1) is 24.8. The highest BCUT2D eigenvalue weighted by Gasteiger charge is 2.06. The summed E-state index contributed by atoms with van der Waals surface area (Å²) in [6.45, 7) is 12.2. The summed E-state index contributed by atoms with van der Waals surface area (Å²) < 4.78 is 0. The zero-order valence-electron chi connectivity index (χ0n) is 20.3. The first-order valence-corrected chi connectivity index (χ1v) is 12.6. The van der Waals surface area contributed by atoms with Gasteiger partial charge in [-0.25, -0.2) is 4.98 Å². The lowest BCUT2D eigenvalue weighted by atomic mass is 9.98. The van der Waals surface area contributed by atoms with E-state index in [1.807, 2.05) is 12.3 Å². The molecule has 3 nitrogen and oxygen atoms in total. The number of aromatic nitrogens is 1. The number of rotatable bonds is 10. The molecule has 0 aliphatic carbocycles. The molecule has 0 saturated carbocycles. The number of allylic oxidation sites excluding steroid dienone is 1. The van der Waals surface area contributed by atoms with Gasteiger partial charge in [0, 0.05) is 31.2 Å². The molecule has 3 aromatic rings. The van der Waals surface area contributed by atoms with Crippen LogP contribution in [0.1, 0.15) is 45.2 Å². The van der Waals surface area contributed by atoms with Crippen molar-refractivity contribution in [1.82, 2.24) is 9.88 Å². The van der Waals surface area contributed by atoms with E-state index >= 15 is 0 Å². The third-order valence-electron chi connectivity index (χ3n) is 5.04. The average Bonchev–Trinajstić information content (AvgIpc) is 3.32. The molecule has 0 spiro atoms. The maximum Gasteiger partial charge on any atom is 0.126 e. The summed E-state index contributed by atoms with van der Waals surface area (Å²) in [7, 11) is 0. The van der Waals surface area contributed by atoms with Gasteiger partial charge in [-0.2, -0.15) is 11.3 Å². The molecule has 4 heteroatoms. The van der Waals surface area contributed by atoms with Gasteiger partial charge in [0.25, 0.3) is 0 Å². The van der Waals surface area contributed by atoms with Gasteiger partial charge in [0.1, 0.15) is 5.82 Å². The van der Waals surface area contributed by atoms with Crippen molar-refractivity contribution in [3.8, 4) is 23.0 Å². The van der Waals surface area contributed by atoms with Gasteiger partial charge in [-0.3, -0.25) is 4.90 Å². The van der Waals surface area contributed by atoms with Crippen LogP contribution in [0.15, 0.2) is 71.6 Å². The highest BCUT2D eigenvalue weighted by atomic mass is 32.1. The molecule has 172 valence electrons. The largest absolute Gasteiger partial charge is 0.366 e. The highest BCUT2D eigenvalue weighted by molar-refractivity contribution is 7.08. The molecule has 0 aliphatic heterocycles. The quantitative estimate of drug-likeness (QED) is 0.325. The predicted molar refractivity (Wildman–Crippen MR) is 143 cm³/mol. The maximum absolute atomic E-state index is 4.53. The Hall–Kier alpha value is -2.87. The first-order valence-electron chi connectivity index (χ1n) is 11.6. The Kier molecular flexibility index (Phi) is 9.30. The van der Waals surface area contributed by atoms with Gasteiger partial charge in [0.2, 0.25) is 0 Å². The van der Waals surface area contributed by atoms with Crippen molar-refractivity contribution < 1.29 is 0 Å². The average molecular weight is 458 g/mol. The molecule has 0 amide bonds. The molecule has 0 fully saturated rings. The monoisotopic (exact) mass is 457 g/mol. The SMILES string of the molecule is CCCN(CC=CC#CC(C)(C)C)Cc1ccnc(NCc2cccc(-c3ccsc3)c2)c1. The van der Waals surface area contributed by atoms with Crippen molar-refractivity contribution in [2.75, 3.05) is 18.4 Å². The Morgan fingerprint density at radius 3 is 2.73 bits per heavy atom. The number of pyridine rings is 1. The Labute approximate surface area is 203 Å². The Balaban J connectivity index is 1.58. The van der Waals surface area contributed by atoms with E-state index in [0.717, 1.165) is 38.4 Å². The Morgan fingerprint density at radius 1 is 1.09 bits per heavy atom. The van der Waals surface area contributed by atoms with Crippen LogP contribution in [0, 0.1) is 17.3 Å². The highest BCUT2D eigenvalue weighted by Crippen LogP contribution is 2.23. The Bertz CT molecular complexity index is 1080. The predicted octanol–water partition coefficient (Wildman–Crippen LogP) is 7.24. The number of benzene rings is 1. The fourth-order valence-corrected chi connectivity index (χ4v) is 4.14. The fraction of sp³-hybridized carbons (Fsp3) is 0.345. The van der Waals surface area contributed by atoms with Crippen LogP contribution in [0.2, 0.25) is 0 Å². The van der Waals surface area contributed by atoms with Crippen LogP contribution in [0.5, 0.6) is 0 Å². The lowest BCUT2D eigenvalue weighted by molar-refractivity contribution is 0.295. The van der Waals surface area contributed by atoms with Gasteiger partial charge in [-0.05, 0) is 97.1 Å². The van der Waals surface area contributed by atoms with Crippen molar-refractivity contribution in [1.29, 1.82) is 0 Å². The smallest absolute Gasteiger partial charge is 0.126 e. The fourth-order valence-electron chi connectivity index (χ4n) is 3.48. The van der Waals surface area contributed by atoms with Crippen LogP contribution in [-0.4, -0.2) is 23.0 Å². The summed E-state index contributed by atoms with van der Waals surface area (Å²) in [5, 5.41) is 7.80. The molecule has 1 aromatic carbocycles. The van der Waals surface area contributed by atoms with Gasteiger partial charge in [0.05, 0.1) is 0 Å². The molecule has 0 bridgehead atoms. The van der Waals surface area contributed by atoms with Crippen LogP contribution in [-0.2, 0) is 13.1 Å². The van der Waals surface area contributed by atoms with E-state index in [4.69, 9.17) is 0 Å². The summed E-state index contributed by atoms with van der Waals surface area (Å²) in [6, 6.07) is 15.1. The molecule has 0 unspecified atom stereocenters. The molecule has 33 heavy (non-hydrogen) atoms. The standard InChI is InChI=1S/C29H35N3S/c1-5-16-32(17-8-6-7-14-29(2,3)4)22-25-12-15-30-28(20-25)31-21-24-10-9-11-26(19-24)27-13-18-33-23-27/h6,8-13,15,18-20,23H,5,16-17,21-22H2,1-4H3,(H,30,31). The van der Waals surface area contributed by atoms with Gasteiger partial charge < -0.3 is 5.32 Å². The van der Waals surface area contributed by atoms with E-state index in [0.29, 0.717) is 0 Å². The normalized spacial score (nSPS) is 11.5. The van der Waals surface area contributed by atoms with E-state index in [9.17, 15) is 0 Å². The second-order valence-corrected chi connectivity index (χ2v) is 10.1. The number of hydrogen-bond donors (Lipinski definition) is 1. The number of thiophene rings is 1.